The van der Waals surface area contributed by atoms with Gasteiger partial charge in [0.05, 0.1) is 0 Å². The number of rotatable bonds is 5. The molecule has 0 radical (unpaired) electrons. The Morgan fingerprint density at radius 1 is 0.447 bits per heavy atom. The minimum Gasteiger partial charge on any atom is -0.449 e. The van der Waals surface area contributed by atoms with Crippen LogP contribution in [-0.4, -0.2) is 0 Å². The molecule has 7 aromatic carbocycles. The summed E-state index contributed by atoms with van der Waals surface area (Å²) < 4.78 is 13.0. The molecule has 0 saturated carbocycles. The molecule has 0 spiro atoms. The molecule has 0 saturated heterocycles. The van der Waals surface area contributed by atoms with E-state index in [0.29, 0.717) is 0 Å². The quantitative estimate of drug-likeness (QED) is 0.195. The summed E-state index contributed by atoms with van der Waals surface area (Å²) in [5.74, 6) is 2.97. The van der Waals surface area contributed by atoms with Gasteiger partial charge in [-0.1, -0.05) is 115 Å². The van der Waals surface area contributed by atoms with E-state index < -0.39 is 5.41 Å². The zero-order valence-electron chi connectivity index (χ0n) is 25.9. The molecule has 47 heavy (non-hydrogen) atoms. The molecule has 0 bridgehead atoms. The summed E-state index contributed by atoms with van der Waals surface area (Å²) in [6.07, 6.45) is 0. The van der Waals surface area contributed by atoms with Crippen LogP contribution in [0.25, 0.3) is 22.3 Å². The fourth-order valence-corrected chi connectivity index (χ4v) is 7.26. The number of ether oxygens (including phenoxy) is 2. The highest BCUT2D eigenvalue weighted by molar-refractivity contribution is 5.92. The van der Waals surface area contributed by atoms with E-state index in [0.717, 1.165) is 51.2 Å². The van der Waals surface area contributed by atoms with Crippen molar-refractivity contribution in [3.63, 3.8) is 0 Å². The fraction of sp³-hybridized carbons (Fsp3) is 0.0455. The number of para-hydroxylation sites is 3. The number of anilines is 3. The molecule has 0 amide bonds. The normalized spacial score (nSPS) is 15.3. The van der Waals surface area contributed by atoms with Crippen LogP contribution in [-0.2, 0) is 5.41 Å². The molecule has 7 aromatic rings. The van der Waals surface area contributed by atoms with Gasteiger partial charge in [0, 0.05) is 28.0 Å². The Kier molecular flexibility index (Phi) is 6.26. The van der Waals surface area contributed by atoms with Crippen LogP contribution >= 0.6 is 0 Å². The second-order valence-corrected chi connectivity index (χ2v) is 12.3. The van der Waals surface area contributed by atoms with Crippen LogP contribution in [0.1, 0.15) is 23.6 Å². The Bertz CT molecular complexity index is 2250. The van der Waals surface area contributed by atoms with Crippen molar-refractivity contribution in [1.82, 2.24) is 0 Å². The van der Waals surface area contributed by atoms with Crippen LogP contribution in [0.15, 0.2) is 170 Å². The van der Waals surface area contributed by atoms with E-state index in [1.165, 1.54) is 27.8 Å². The molecule has 1 unspecified atom stereocenters. The van der Waals surface area contributed by atoms with Crippen molar-refractivity contribution < 1.29 is 9.47 Å². The number of fused-ring (bicyclic) bond motifs is 6. The van der Waals surface area contributed by atoms with E-state index in [1.807, 2.05) is 24.3 Å². The maximum atomic E-state index is 6.63. The third-order valence-corrected chi connectivity index (χ3v) is 9.61. The lowest BCUT2D eigenvalue weighted by atomic mass is 9.74. The highest BCUT2D eigenvalue weighted by Gasteiger charge is 2.44. The highest BCUT2D eigenvalue weighted by atomic mass is 16.6. The summed E-state index contributed by atoms with van der Waals surface area (Å²) in [5.41, 5.74) is 11.2. The molecule has 224 valence electrons. The van der Waals surface area contributed by atoms with Gasteiger partial charge in [-0.05, 0) is 94.9 Å². The first-order valence-corrected chi connectivity index (χ1v) is 16.0. The smallest absolute Gasteiger partial charge is 0.178 e. The molecule has 0 aromatic heterocycles. The largest absolute Gasteiger partial charge is 0.449 e. The summed E-state index contributed by atoms with van der Waals surface area (Å²) >= 11 is 0. The minimum atomic E-state index is -0.420. The van der Waals surface area contributed by atoms with Crippen LogP contribution in [0.3, 0.4) is 0 Å². The number of nitrogens with zero attached hydrogens (tertiary/aromatic N) is 1. The van der Waals surface area contributed by atoms with E-state index in [2.05, 4.69) is 157 Å². The van der Waals surface area contributed by atoms with E-state index in [-0.39, 0.29) is 0 Å². The lowest BCUT2D eigenvalue weighted by Crippen LogP contribution is -2.23. The van der Waals surface area contributed by atoms with E-state index in [1.54, 1.807) is 0 Å². The lowest BCUT2D eigenvalue weighted by Gasteiger charge is -2.31. The van der Waals surface area contributed by atoms with E-state index in [9.17, 15) is 0 Å². The van der Waals surface area contributed by atoms with Gasteiger partial charge in [0.1, 0.15) is 0 Å². The summed E-state index contributed by atoms with van der Waals surface area (Å²) in [6.45, 7) is 2.34. The predicted octanol–water partition coefficient (Wildman–Crippen LogP) is 12.1. The molecule has 1 aliphatic heterocycles. The molecule has 0 N–H and O–H groups in total. The maximum Gasteiger partial charge on any atom is 0.178 e. The average molecular weight is 606 g/mol. The molecule has 1 atom stereocenters. The van der Waals surface area contributed by atoms with Gasteiger partial charge in [-0.3, -0.25) is 0 Å². The first kappa shape index (κ1) is 27.3. The molecule has 0 fully saturated rings. The summed E-state index contributed by atoms with van der Waals surface area (Å²) in [7, 11) is 0. The third-order valence-electron chi connectivity index (χ3n) is 9.61. The third kappa shape index (κ3) is 4.35. The molecule has 3 nitrogen and oxygen atoms in total. The summed E-state index contributed by atoms with van der Waals surface area (Å²) in [4.78, 5) is 2.34. The topological polar surface area (TPSA) is 21.7 Å². The Morgan fingerprint density at radius 3 is 1.74 bits per heavy atom. The van der Waals surface area contributed by atoms with Crippen LogP contribution < -0.4 is 14.4 Å². The average Bonchev–Trinajstić information content (AvgIpc) is 3.41. The van der Waals surface area contributed by atoms with Crippen LogP contribution in [0.4, 0.5) is 17.1 Å². The van der Waals surface area contributed by atoms with Crippen LogP contribution in [0.5, 0.6) is 23.0 Å². The molecular formula is C44H31NO2. The Labute approximate surface area is 274 Å². The van der Waals surface area contributed by atoms with Crippen LogP contribution in [0, 0.1) is 0 Å². The zero-order chi connectivity index (χ0) is 31.4. The molecule has 2 aliphatic rings. The molecule has 1 aliphatic carbocycles. The van der Waals surface area contributed by atoms with Crippen molar-refractivity contribution in [2.75, 3.05) is 4.90 Å². The number of hydrogen-bond donors (Lipinski definition) is 0. The van der Waals surface area contributed by atoms with E-state index in [4.69, 9.17) is 9.47 Å². The van der Waals surface area contributed by atoms with Crippen molar-refractivity contribution in [1.29, 1.82) is 0 Å². The molecular weight excluding hydrogens is 574 g/mol. The minimum absolute atomic E-state index is 0.420. The van der Waals surface area contributed by atoms with Gasteiger partial charge in [-0.15, -0.1) is 0 Å². The second-order valence-electron chi connectivity index (χ2n) is 12.3. The first-order valence-electron chi connectivity index (χ1n) is 16.0. The van der Waals surface area contributed by atoms with E-state index >= 15 is 0 Å². The predicted molar refractivity (Wildman–Crippen MR) is 191 cm³/mol. The fourth-order valence-electron chi connectivity index (χ4n) is 7.26. The van der Waals surface area contributed by atoms with Gasteiger partial charge in [-0.2, -0.15) is 0 Å². The van der Waals surface area contributed by atoms with Crippen LogP contribution in [0.2, 0.25) is 0 Å². The van der Waals surface area contributed by atoms with Crippen molar-refractivity contribution in [2.45, 2.75) is 12.3 Å². The van der Waals surface area contributed by atoms with Gasteiger partial charge in [0.2, 0.25) is 0 Å². The monoisotopic (exact) mass is 605 g/mol. The molecule has 1 heterocycles. The lowest BCUT2D eigenvalue weighted by molar-refractivity contribution is 0.360. The van der Waals surface area contributed by atoms with Gasteiger partial charge >= 0.3 is 0 Å². The molecule has 9 rings (SSSR count). The Hall–Kier alpha value is -6.06. The van der Waals surface area contributed by atoms with Crippen molar-refractivity contribution in [3.8, 4) is 45.3 Å². The SMILES string of the molecule is CC1(c2ccccc2)c2cc(N(c3ccccc3)c3ccc(-c4ccccc4)cc3)ccc2-c2c1ccc1c2Oc2ccccc2O1. The van der Waals surface area contributed by atoms with Crippen molar-refractivity contribution in [2.24, 2.45) is 0 Å². The highest BCUT2D eigenvalue weighted by Crippen LogP contribution is 2.60. The van der Waals surface area contributed by atoms with Gasteiger partial charge in [-0.25, -0.2) is 0 Å². The maximum absolute atomic E-state index is 6.63. The zero-order valence-corrected chi connectivity index (χ0v) is 25.9. The summed E-state index contributed by atoms with van der Waals surface area (Å²) in [6, 6.07) is 59.8. The van der Waals surface area contributed by atoms with Gasteiger partial charge in [0.15, 0.2) is 23.0 Å². The number of benzene rings is 7. The second kappa shape index (κ2) is 10.8. The van der Waals surface area contributed by atoms with Gasteiger partial charge in [0.25, 0.3) is 0 Å². The Morgan fingerprint density at radius 2 is 1.02 bits per heavy atom. The first-order chi connectivity index (χ1) is 23.2. The van der Waals surface area contributed by atoms with Crippen molar-refractivity contribution >= 4 is 17.1 Å². The molecule has 3 heteroatoms. The summed E-state index contributed by atoms with van der Waals surface area (Å²) in [5, 5.41) is 0. The Balaban J connectivity index is 1.23. The van der Waals surface area contributed by atoms with Crippen molar-refractivity contribution in [3.05, 3.63) is 187 Å². The standard InChI is InChI=1S/C44H31NO2/c1-44(32-15-7-3-8-16-32)37-27-28-41-43(47-40-20-12-11-19-39(40)46-41)42(37)36-26-25-35(29-38(36)44)45(33-17-9-4-10-18-33)34-23-21-31(22-24-34)30-13-5-2-6-14-30/h2-29H,1H3. The number of hydrogen-bond acceptors (Lipinski definition) is 3. The van der Waals surface area contributed by atoms with Gasteiger partial charge < -0.3 is 14.4 Å².